The molecule has 3 fully saturated rings. The van der Waals surface area contributed by atoms with E-state index in [1.54, 1.807) is 22.7 Å². The van der Waals surface area contributed by atoms with Crippen LogP contribution in [0.1, 0.15) is 12.8 Å². The Morgan fingerprint density at radius 2 is 1.32 bits per heavy atom. The molecule has 2 aromatic heterocycles. The lowest BCUT2D eigenvalue weighted by molar-refractivity contribution is -0.00775. The van der Waals surface area contributed by atoms with Crippen LogP contribution < -0.4 is 9.64 Å². The molecule has 0 aliphatic carbocycles. The van der Waals surface area contributed by atoms with E-state index >= 15 is 0 Å². The summed E-state index contributed by atoms with van der Waals surface area (Å²) in [7, 11) is 0. The van der Waals surface area contributed by atoms with Crippen molar-refractivity contribution in [1.29, 1.82) is 0 Å². The summed E-state index contributed by atoms with van der Waals surface area (Å²) in [5.41, 5.74) is 3.62. The average Bonchev–Trinajstić information content (AvgIpc) is 3.51. The number of hydrogen-bond acceptors (Lipinski definition) is 5. The second-order valence-corrected chi connectivity index (χ2v) is 11.2. The molecule has 170 valence electrons. The third-order valence-corrected chi connectivity index (χ3v) is 9.28. The van der Waals surface area contributed by atoms with Gasteiger partial charge in [-0.1, -0.05) is 36.4 Å². The smallest absolute Gasteiger partial charge is 0.119 e. The van der Waals surface area contributed by atoms with Gasteiger partial charge in [-0.2, -0.15) is 0 Å². The van der Waals surface area contributed by atoms with Gasteiger partial charge >= 0.3 is 0 Å². The number of piperidine rings is 3. The molecule has 5 heterocycles. The van der Waals surface area contributed by atoms with Crippen molar-refractivity contribution in [3.05, 3.63) is 83.6 Å². The lowest BCUT2D eigenvalue weighted by Gasteiger charge is -2.44. The van der Waals surface area contributed by atoms with Gasteiger partial charge in [0, 0.05) is 43.2 Å². The van der Waals surface area contributed by atoms with Crippen molar-refractivity contribution < 1.29 is 4.74 Å². The van der Waals surface area contributed by atoms with E-state index in [4.69, 9.17) is 4.74 Å². The molecule has 0 saturated carbocycles. The maximum atomic E-state index is 6.49. The number of ether oxygens (including phenoxy) is 1. The van der Waals surface area contributed by atoms with Crippen LogP contribution in [0.25, 0.3) is 20.2 Å². The number of thiophene rings is 2. The predicted molar refractivity (Wildman–Crippen MR) is 145 cm³/mol. The van der Waals surface area contributed by atoms with E-state index in [0.717, 1.165) is 18.0 Å². The molecule has 0 spiro atoms. The van der Waals surface area contributed by atoms with E-state index in [1.807, 2.05) is 0 Å². The number of benzene rings is 3. The minimum atomic E-state index is 0.325. The van der Waals surface area contributed by atoms with Crippen molar-refractivity contribution in [3.8, 4) is 5.75 Å². The van der Waals surface area contributed by atoms with Gasteiger partial charge in [0.25, 0.3) is 0 Å². The molecule has 3 nitrogen and oxygen atoms in total. The first-order valence-corrected chi connectivity index (χ1v) is 13.8. The zero-order chi connectivity index (χ0) is 22.5. The first-order chi connectivity index (χ1) is 16.8. The summed E-state index contributed by atoms with van der Waals surface area (Å²) in [4.78, 5) is 4.96. The molecule has 3 aliphatic rings. The molecule has 0 amide bonds. The SMILES string of the molecule is c1ccc2c(N(c3ccc(OC4CN5CCC4CC5)cc3)c3csc4ccccc34)csc2c1. The Labute approximate surface area is 207 Å². The van der Waals surface area contributed by atoms with E-state index < -0.39 is 0 Å². The molecule has 3 aliphatic heterocycles. The van der Waals surface area contributed by atoms with Crippen LogP contribution in [-0.2, 0) is 0 Å². The summed E-state index contributed by atoms with van der Waals surface area (Å²) in [5.74, 6) is 1.68. The van der Waals surface area contributed by atoms with Crippen molar-refractivity contribution >= 4 is 59.9 Å². The van der Waals surface area contributed by atoms with Gasteiger partial charge in [0.1, 0.15) is 11.9 Å². The average molecular weight is 483 g/mol. The topological polar surface area (TPSA) is 15.7 Å². The fourth-order valence-corrected chi connectivity index (χ4v) is 7.43. The van der Waals surface area contributed by atoms with Gasteiger partial charge in [-0.05, 0) is 68.2 Å². The summed E-state index contributed by atoms with van der Waals surface area (Å²) in [6, 6.07) is 26.1. The Balaban J connectivity index is 1.28. The number of hydrogen-bond donors (Lipinski definition) is 0. The van der Waals surface area contributed by atoms with Crippen molar-refractivity contribution in [2.45, 2.75) is 18.9 Å². The van der Waals surface area contributed by atoms with E-state index in [1.165, 1.54) is 57.5 Å². The third kappa shape index (κ3) is 3.50. The maximum Gasteiger partial charge on any atom is 0.119 e. The van der Waals surface area contributed by atoms with Gasteiger partial charge in [0.15, 0.2) is 0 Å². The van der Waals surface area contributed by atoms with Crippen molar-refractivity contribution in [2.75, 3.05) is 24.5 Å². The van der Waals surface area contributed by atoms with Crippen LogP contribution >= 0.6 is 22.7 Å². The van der Waals surface area contributed by atoms with E-state index in [2.05, 4.69) is 93.4 Å². The van der Waals surface area contributed by atoms with Gasteiger partial charge in [-0.15, -0.1) is 22.7 Å². The van der Waals surface area contributed by atoms with Gasteiger partial charge in [-0.25, -0.2) is 0 Å². The molecular formula is C29H26N2OS2. The Bertz CT molecular complexity index is 1370. The number of nitrogens with zero attached hydrogens (tertiary/aromatic N) is 2. The van der Waals surface area contributed by atoms with E-state index in [9.17, 15) is 0 Å². The zero-order valence-corrected chi connectivity index (χ0v) is 20.5. The van der Waals surface area contributed by atoms with Crippen molar-refractivity contribution in [2.24, 2.45) is 5.92 Å². The minimum absolute atomic E-state index is 0.325. The number of anilines is 3. The molecule has 5 aromatic rings. The second-order valence-electron chi connectivity index (χ2n) is 9.36. The first kappa shape index (κ1) is 20.5. The fraction of sp³-hybridized carbons (Fsp3) is 0.241. The Morgan fingerprint density at radius 3 is 1.88 bits per heavy atom. The minimum Gasteiger partial charge on any atom is -0.489 e. The zero-order valence-electron chi connectivity index (χ0n) is 18.9. The van der Waals surface area contributed by atoms with Crippen molar-refractivity contribution in [1.82, 2.24) is 4.90 Å². The molecule has 0 N–H and O–H groups in total. The molecule has 5 heteroatoms. The normalized spacial score (nSPS) is 21.8. The monoisotopic (exact) mass is 482 g/mol. The summed E-state index contributed by atoms with van der Waals surface area (Å²) < 4.78 is 9.11. The predicted octanol–water partition coefficient (Wildman–Crippen LogP) is 8.06. The lowest BCUT2D eigenvalue weighted by Crippen LogP contribution is -2.52. The Kier molecular flexibility index (Phi) is 5.08. The van der Waals surface area contributed by atoms with Crippen LogP contribution in [0.5, 0.6) is 5.75 Å². The highest BCUT2D eigenvalue weighted by Gasteiger charge is 2.35. The van der Waals surface area contributed by atoms with Gasteiger partial charge in [-0.3, -0.25) is 4.90 Å². The van der Waals surface area contributed by atoms with Crippen LogP contribution in [0.4, 0.5) is 17.1 Å². The second kappa shape index (κ2) is 8.42. The summed E-state index contributed by atoms with van der Waals surface area (Å²) in [6.07, 6.45) is 2.87. The van der Waals surface area contributed by atoms with Crippen LogP contribution in [0.3, 0.4) is 0 Å². The first-order valence-electron chi connectivity index (χ1n) is 12.1. The summed E-state index contributed by atoms with van der Waals surface area (Å²) >= 11 is 3.61. The molecule has 3 aromatic carbocycles. The van der Waals surface area contributed by atoms with Crippen molar-refractivity contribution in [3.63, 3.8) is 0 Å². The van der Waals surface area contributed by atoms with Crippen LogP contribution in [-0.4, -0.2) is 30.6 Å². The number of fused-ring (bicyclic) bond motifs is 5. The molecule has 34 heavy (non-hydrogen) atoms. The molecule has 1 unspecified atom stereocenters. The van der Waals surface area contributed by atoms with Crippen LogP contribution in [0.2, 0.25) is 0 Å². The standard InChI is InChI=1S/C29H26N2OS2/c1-3-7-28-23(5-1)25(18-33-28)31(26-19-34-29-8-4-2-6-24(26)29)21-9-11-22(12-10-21)32-27-17-30-15-13-20(27)14-16-30/h1-12,18-20,27H,13-17H2. The quantitative estimate of drug-likeness (QED) is 0.252. The molecule has 0 radical (unpaired) electrons. The van der Waals surface area contributed by atoms with Gasteiger partial charge in [0.2, 0.25) is 0 Å². The number of rotatable bonds is 5. The molecule has 8 rings (SSSR count). The highest BCUT2D eigenvalue weighted by atomic mass is 32.1. The largest absolute Gasteiger partial charge is 0.489 e. The maximum absolute atomic E-state index is 6.49. The third-order valence-electron chi connectivity index (χ3n) is 7.38. The highest BCUT2D eigenvalue weighted by Crippen LogP contribution is 2.46. The molecular weight excluding hydrogens is 456 g/mol. The highest BCUT2D eigenvalue weighted by molar-refractivity contribution is 7.18. The molecule has 1 atom stereocenters. The Hall–Kier alpha value is -2.86. The Morgan fingerprint density at radius 1 is 0.735 bits per heavy atom. The summed E-state index contributed by atoms with van der Waals surface area (Å²) in [5, 5.41) is 7.15. The van der Waals surface area contributed by atoms with E-state index in [-0.39, 0.29) is 0 Å². The van der Waals surface area contributed by atoms with Crippen LogP contribution in [0.15, 0.2) is 83.6 Å². The van der Waals surface area contributed by atoms with Gasteiger partial charge in [0.05, 0.1) is 11.4 Å². The van der Waals surface area contributed by atoms with E-state index in [0.29, 0.717) is 12.0 Å². The van der Waals surface area contributed by atoms with Gasteiger partial charge < -0.3 is 9.64 Å². The lowest BCUT2D eigenvalue weighted by atomic mass is 9.86. The summed E-state index contributed by atoms with van der Waals surface area (Å²) in [6.45, 7) is 3.55. The fourth-order valence-electron chi connectivity index (χ4n) is 5.57. The molecule has 3 saturated heterocycles. The molecule has 2 bridgehead atoms. The van der Waals surface area contributed by atoms with Crippen LogP contribution in [0, 0.1) is 5.92 Å².